The van der Waals surface area contributed by atoms with Gasteiger partial charge >= 0.3 is 0 Å². The Hall–Kier alpha value is -1.31. The van der Waals surface area contributed by atoms with Crippen LogP contribution in [-0.4, -0.2) is 18.9 Å². The van der Waals surface area contributed by atoms with Crippen LogP contribution in [0.5, 0.6) is 0 Å². The van der Waals surface area contributed by atoms with Gasteiger partial charge in [0.15, 0.2) is 0 Å². The van der Waals surface area contributed by atoms with Crippen LogP contribution >= 0.6 is 0 Å². The number of anilines is 1. The molecule has 0 saturated heterocycles. The van der Waals surface area contributed by atoms with Gasteiger partial charge in [-0.3, -0.25) is 4.79 Å². The Morgan fingerprint density at radius 3 is 2.71 bits per heavy atom. The van der Waals surface area contributed by atoms with E-state index in [-0.39, 0.29) is 5.41 Å². The third-order valence-corrected chi connectivity index (χ3v) is 3.43. The Kier molecular flexibility index (Phi) is 3.23. The predicted molar refractivity (Wildman–Crippen MR) is 71.4 cm³/mol. The monoisotopic (exact) mass is 231 g/mol. The molecule has 0 aromatic heterocycles. The maximum absolute atomic E-state index is 11.9. The number of ketones is 1. The highest BCUT2D eigenvalue weighted by molar-refractivity contribution is 5.84. The first-order valence-electron chi connectivity index (χ1n) is 6.34. The minimum atomic E-state index is -0.209. The van der Waals surface area contributed by atoms with Crippen LogP contribution in [0.4, 0.5) is 5.69 Å². The van der Waals surface area contributed by atoms with Crippen LogP contribution in [0.1, 0.15) is 32.8 Å². The standard InChI is InChI=1S/C15H21NO/c1-15(2,3)14(17)9-11-16-10-8-12-6-4-5-7-13(12)16/h4-7H,8-11H2,1-3H3. The lowest BCUT2D eigenvalue weighted by atomic mass is 9.89. The van der Waals surface area contributed by atoms with Crippen molar-refractivity contribution in [3.05, 3.63) is 29.8 Å². The molecule has 2 rings (SSSR count). The molecule has 1 heterocycles. The second kappa shape index (κ2) is 4.52. The number of rotatable bonds is 3. The van der Waals surface area contributed by atoms with E-state index in [0.29, 0.717) is 12.2 Å². The van der Waals surface area contributed by atoms with E-state index < -0.39 is 0 Å². The molecule has 1 aliphatic rings. The molecule has 0 N–H and O–H groups in total. The number of nitrogens with zero attached hydrogens (tertiary/aromatic N) is 1. The topological polar surface area (TPSA) is 20.3 Å². The highest BCUT2D eigenvalue weighted by atomic mass is 16.1. The summed E-state index contributed by atoms with van der Waals surface area (Å²) >= 11 is 0. The lowest BCUT2D eigenvalue weighted by Gasteiger charge is -2.22. The summed E-state index contributed by atoms with van der Waals surface area (Å²) in [6.07, 6.45) is 1.76. The van der Waals surface area contributed by atoms with Crippen LogP contribution in [0, 0.1) is 5.41 Å². The van der Waals surface area contributed by atoms with E-state index in [1.54, 1.807) is 0 Å². The summed E-state index contributed by atoms with van der Waals surface area (Å²) in [7, 11) is 0. The van der Waals surface area contributed by atoms with Crippen molar-refractivity contribution in [3.8, 4) is 0 Å². The number of carbonyl (C=O) groups excluding carboxylic acids is 1. The van der Waals surface area contributed by atoms with Crippen LogP contribution in [-0.2, 0) is 11.2 Å². The molecule has 0 fully saturated rings. The van der Waals surface area contributed by atoms with Gasteiger partial charge in [-0.1, -0.05) is 39.0 Å². The first-order chi connectivity index (χ1) is 7.98. The molecule has 0 unspecified atom stereocenters. The number of hydrogen-bond acceptors (Lipinski definition) is 2. The number of Topliss-reactive ketones (excluding diaryl/α,β-unsaturated/α-hetero) is 1. The number of carbonyl (C=O) groups is 1. The summed E-state index contributed by atoms with van der Waals surface area (Å²) in [5.74, 6) is 0.349. The number of benzene rings is 1. The van der Waals surface area contributed by atoms with Gasteiger partial charge < -0.3 is 4.90 Å². The van der Waals surface area contributed by atoms with Crippen LogP contribution in [0.3, 0.4) is 0 Å². The van der Waals surface area contributed by atoms with E-state index in [9.17, 15) is 4.79 Å². The normalized spacial score (nSPS) is 14.9. The first-order valence-corrected chi connectivity index (χ1v) is 6.34. The molecule has 0 bridgehead atoms. The zero-order valence-electron chi connectivity index (χ0n) is 11.0. The summed E-state index contributed by atoms with van der Waals surface area (Å²) in [6, 6.07) is 8.50. The fourth-order valence-electron chi connectivity index (χ4n) is 2.25. The highest BCUT2D eigenvalue weighted by Gasteiger charge is 2.23. The van der Waals surface area contributed by atoms with Crippen molar-refractivity contribution < 1.29 is 4.79 Å². The molecule has 17 heavy (non-hydrogen) atoms. The molecule has 0 amide bonds. The third kappa shape index (κ3) is 2.68. The smallest absolute Gasteiger partial charge is 0.139 e. The fraction of sp³-hybridized carbons (Fsp3) is 0.533. The Morgan fingerprint density at radius 1 is 1.29 bits per heavy atom. The Labute approximate surface area is 104 Å². The Bertz CT molecular complexity index is 417. The van der Waals surface area contributed by atoms with Crippen molar-refractivity contribution in [2.24, 2.45) is 5.41 Å². The van der Waals surface area contributed by atoms with Crippen molar-refractivity contribution in [1.82, 2.24) is 0 Å². The van der Waals surface area contributed by atoms with Crippen molar-refractivity contribution in [1.29, 1.82) is 0 Å². The second-order valence-electron chi connectivity index (χ2n) is 5.79. The van der Waals surface area contributed by atoms with Crippen LogP contribution in [0.2, 0.25) is 0 Å². The maximum atomic E-state index is 11.9. The Morgan fingerprint density at radius 2 is 2.00 bits per heavy atom. The lowest BCUT2D eigenvalue weighted by molar-refractivity contribution is -0.126. The van der Waals surface area contributed by atoms with Gasteiger partial charge in [0.25, 0.3) is 0 Å². The molecule has 2 heteroatoms. The van der Waals surface area contributed by atoms with E-state index >= 15 is 0 Å². The van der Waals surface area contributed by atoms with Crippen molar-refractivity contribution >= 4 is 11.5 Å². The minimum absolute atomic E-state index is 0.209. The molecule has 0 radical (unpaired) electrons. The number of hydrogen-bond donors (Lipinski definition) is 0. The summed E-state index contributed by atoms with van der Waals surface area (Å²) in [6.45, 7) is 7.89. The molecular formula is C15H21NO. The quantitative estimate of drug-likeness (QED) is 0.797. The third-order valence-electron chi connectivity index (χ3n) is 3.43. The van der Waals surface area contributed by atoms with Gasteiger partial charge in [0.2, 0.25) is 0 Å². The number of para-hydroxylation sites is 1. The average molecular weight is 231 g/mol. The van der Waals surface area contributed by atoms with Gasteiger partial charge in [-0.05, 0) is 18.1 Å². The van der Waals surface area contributed by atoms with Gasteiger partial charge in [-0.2, -0.15) is 0 Å². The maximum Gasteiger partial charge on any atom is 0.139 e. The lowest BCUT2D eigenvalue weighted by Crippen LogP contribution is -2.28. The van der Waals surface area contributed by atoms with Crippen molar-refractivity contribution in [2.75, 3.05) is 18.0 Å². The first kappa shape index (κ1) is 12.2. The van der Waals surface area contributed by atoms with Gasteiger partial charge in [-0.15, -0.1) is 0 Å². The van der Waals surface area contributed by atoms with E-state index in [2.05, 4.69) is 29.2 Å². The molecule has 0 spiro atoms. The minimum Gasteiger partial charge on any atom is -0.371 e. The molecule has 0 atom stereocenters. The molecule has 1 aromatic rings. The summed E-state index contributed by atoms with van der Waals surface area (Å²) in [5, 5.41) is 0. The van der Waals surface area contributed by atoms with Crippen LogP contribution in [0.25, 0.3) is 0 Å². The van der Waals surface area contributed by atoms with Crippen molar-refractivity contribution in [2.45, 2.75) is 33.6 Å². The predicted octanol–water partition coefficient (Wildman–Crippen LogP) is 3.05. The van der Waals surface area contributed by atoms with Gasteiger partial charge in [0.05, 0.1) is 0 Å². The molecule has 0 aliphatic carbocycles. The van der Waals surface area contributed by atoms with E-state index in [1.807, 2.05) is 20.8 Å². The zero-order valence-corrected chi connectivity index (χ0v) is 11.0. The van der Waals surface area contributed by atoms with Gasteiger partial charge in [-0.25, -0.2) is 0 Å². The second-order valence-corrected chi connectivity index (χ2v) is 5.79. The highest BCUT2D eigenvalue weighted by Crippen LogP contribution is 2.28. The molecule has 0 saturated carbocycles. The molecule has 2 nitrogen and oxygen atoms in total. The van der Waals surface area contributed by atoms with Gasteiger partial charge in [0.1, 0.15) is 5.78 Å². The zero-order chi connectivity index (χ0) is 12.5. The van der Waals surface area contributed by atoms with E-state index in [4.69, 9.17) is 0 Å². The molecule has 1 aromatic carbocycles. The average Bonchev–Trinajstić information content (AvgIpc) is 2.68. The molecule has 1 aliphatic heterocycles. The SMILES string of the molecule is CC(C)(C)C(=O)CCN1CCc2ccccc21. The van der Waals surface area contributed by atoms with Crippen LogP contribution < -0.4 is 4.90 Å². The summed E-state index contributed by atoms with van der Waals surface area (Å²) < 4.78 is 0. The van der Waals surface area contributed by atoms with Crippen molar-refractivity contribution in [3.63, 3.8) is 0 Å². The summed E-state index contributed by atoms with van der Waals surface area (Å²) in [5.41, 5.74) is 2.52. The fourth-order valence-corrected chi connectivity index (χ4v) is 2.25. The number of fused-ring (bicyclic) bond motifs is 1. The van der Waals surface area contributed by atoms with E-state index in [1.165, 1.54) is 11.3 Å². The van der Waals surface area contributed by atoms with Crippen LogP contribution in [0.15, 0.2) is 24.3 Å². The Balaban J connectivity index is 1.97. The largest absolute Gasteiger partial charge is 0.371 e. The summed E-state index contributed by atoms with van der Waals surface area (Å²) in [4.78, 5) is 14.2. The molecular weight excluding hydrogens is 210 g/mol. The molecule has 92 valence electrons. The van der Waals surface area contributed by atoms with E-state index in [0.717, 1.165) is 19.5 Å². The van der Waals surface area contributed by atoms with Gasteiger partial charge in [0, 0.05) is 30.6 Å².